The number of likely N-dealkylation sites (tertiary alicyclic amines) is 1. The van der Waals surface area contributed by atoms with Crippen molar-refractivity contribution in [2.75, 3.05) is 11.9 Å². The summed E-state index contributed by atoms with van der Waals surface area (Å²) in [5, 5.41) is 21.0. The van der Waals surface area contributed by atoms with E-state index in [2.05, 4.69) is 15.5 Å². The van der Waals surface area contributed by atoms with E-state index in [1.165, 1.54) is 4.90 Å². The number of carbonyl (C=O) groups excluding carboxylic acids is 2. The van der Waals surface area contributed by atoms with Gasteiger partial charge in [-0.2, -0.15) is 5.10 Å². The number of H-pyrrole nitrogens is 1. The number of nitrogens with one attached hydrogen (secondary N) is 2. The van der Waals surface area contributed by atoms with Gasteiger partial charge in [-0.25, -0.2) is 0 Å². The molecule has 1 aromatic heterocycles. The molecule has 2 heterocycles. The first kappa shape index (κ1) is 17.5. The van der Waals surface area contributed by atoms with Crippen molar-refractivity contribution in [1.29, 1.82) is 0 Å². The fourth-order valence-corrected chi connectivity index (χ4v) is 3.42. The van der Waals surface area contributed by atoms with Crippen LogP contribution in [-0.2, 0) is 4.79 Å². The molecule has 0 saturated carbocycles. The summed E-state index contributed by atoms with van der Waals surface area (Å²) in [4.78, 5) is 27.0. The molecule has 7 nitrogen and oxygen atoms in total. The summed E-state index contributed by atoms with van der Waals surface area (Å²) in [6, 6.07) is 11.1. The van der Waals surface area contributed by atoms with E-state index < -0.39 is 12.1 Å². The molecule has 2 amide bonds. The summed E-state index contributed by atoms with van der Waals surface area (Å²) in [6.45, 7) is 0.111. The number of aliphatic hydroxyl groups excluding tert-OH is 1. The number of benzene rings is 2. The Morgan fingerprint density at radius 3 is 2.78 bits per heavy atom. The van der Waals surface area contributed by atoms with Crippen molar-refractivity contribution in [1.82, 2.24) is 15.1 Å². The topological polar surface area (TPSA) is 98.3 Å². The number of halogens is 1. The first-order chi connectivity index (χ1) is 13.0. The Morgan fingerprint density at radius 1 is 1.22 bits per heavy atom. The Morgan fingerprint density at radius 2 is 2.00 bits per heavy atom. The van der Waals surface area contributed by atoms with Crippen LogP contribution in [0.3, 0.4) is 0 Å². The molecular weight excluding hydrogens is 368 g/mol. The number of aromatic amines is 1. The van der Waals surface area contributed by atoms with Crippen LogP contribution in [0.5, 0.6) is 0 Å². The van der Waals surface area contributed by atoms with Crippen LogP contribution in [-0.4, -0.2) is 50.7 Å². The number of rotatable bonds is 3. The number of amides is 2. The number of β-amino-alcohol motifs (C(OH)–C–C–N with tert-alkyl or cyclic N) is 1. The summed E-state index contributed by atoms with van der Waals surface area (Å²) in [6.07, 6.45) is 1.12. The first-order valence-corrected chi connectivity index (χ1v) is 8.87. The van der Waals surface area contributed by atoms with Gasteiger partial charge in [-0.1, -0.05) is 11.6 Å². The molecule has 138 valence electrons. The lowest BCUT2D eigenvalue weighted by atomic mass is 10.1. The normalized spacial score (nSPS) is 19.4. The summed E-state index contributed by atoms with van der Waals surface area (Å²) >= 11 is 5.87. The monoisotopic (exact) mass is 384 g/mol. The molecular formula is C19H17ClN4O3. The van der Waals surface area contributed by atoms with Crippen molar-refractivity contribution in [3.63, 3.8) is 0 Å². The molecule has 27 heavy (non-hydrogen) atoms. The maximum absolute atomic E-state index is 12.8. The lowest BCUT2D eigenvalue weighted by Crippen LogP contribution is -2.43. The number of hydrogen-bond acceptors (Lipinski definition) is 4. The molecule has 2 aromatic carbocycles. The molecule has 3 aromatic rings. The second-order valence-corrected chi connectivity index (χ2v) is 6.97. The van der Waals surface area contributed by atoms with E-state index in [9.17, 15) is 14.7 Å². The van der Waals surface area contributed by atoms with Crippen LogP contribution in [0, 0.1) is 0 Å². The number of fused-ring (bicyclic) bond motifs is 1. The molecule has 0 bridgehead atoms. The average molecular weight is 385 g/mol. The van der Waals surface area contributed by atoms with Crippen molar-refractivity contribution in [3.05, 3.63) is 59.2 Å². The fourth-order valence-electron chi connectivity index (χ4n) is 3.29. The number of aromatic nitrogens is 2. The van der Waals surface area contributed by atoms with Gasteiger partial charge in [0, 0.05) is 34.6 Å². The van der Waals surface area contributed by atoms with Crippen LogP contribution < -0.4 is 5.32 Å². The van der Waals surface area contributed by atoms with Gasteiger partial charge in [0.15, 0.2) is 0 Å². The van der Waals surface area contributed by atoms with Crippen LogP contribution in [0.15, 0.2) is 48.7 Å². The molecule has 3 N–H and O–H groups in total. The lowest BCUT2D eigenvalue weighted by molar-refractivity contribution is -0.119. The van der Waals surface area contributed by atoms with E-state index in [0.717, 1.165) is 10.9 Å². The zero-order valence-corrected chi connectivity index (χ0v) is 15.0. The first-order valence-electron chi connectivity index (χ1n) is 8.50. The SMILES string of the molecule is O=C(Nc1ccc2[nH]ncc2c1)[C@@H]1C[C@@H](O)CN1C(=O)c1ccc(Cl)cc1. The van der Waals surface area contributed by atoms with Crippen molar-refractivity contribution < 1.29 is 14.7 Å². The fraction of sp³-hybridized carbons (Fsp3) is 0.211. The van der Waals surface area contributed by atoms with Gasteiger partial charge in [0.25, 0.3) is 5.91 Å². The van der Waals surface area contributed by atoms with Crippen molar-refractivity contribution in [3.8, 4) is 0 Å². The average Bonchev–Trinajstić information content (AvgIpc) is 3.27. The molecule has 1 aliphatic heterocycles. The summed E-state index contributed by atoms with van der Waals surface area (Å²) in [5.74, 6) is -0.648. The molecule has 0 aliphatic carbocycles. The number of carbonyl (C=O) groups is 2. The highest BCUT2D eigenvalue weighted by atomic mass is 35.5. The molecule has 1 aliphatic rings. The predicted octanol–water partition coefficient (Wildman–Crippen LogP) is 2.43. The third-order valence-electron chi connectivity index (χ3n) is 4.64. The van der Waals surface area contributed by atoms with E-state index in [-0.39, 0.29) is 24.8 Å². The predicted molar refractivity (Wildman–Crippen MR) is 102 cm³/mol. The molecule has 1 saturated heterocycles. The summed E-state index contributed by atoms with van der Waals surface area (Å²) < 4.78 is 0. The number of nitrogens with zero attached hydrogens (tertiary/aromatic N) is 2. The molecule has 4 rings (SSSR count). The minimum Gasteiger partial charge on any atom is -0.391 e. The number of aliphatic hydroxyl groups is 1. The highest BCUT2D eigenvalue weighted by Crippen LogP contribution is 2.24. The van der Waals surface area contributed by atoms with Crippen molar-refractivity contribution in [2.45, 2.75) is 18.6 Å². The smallest absolute Gasteiger partial charge is 0.254 e. The van der Waals surface area contributed by atoms with Crippen molar-refractivity contribution in [2.24, 2.45) is 0 Å². The quantitative estimate of drug-likeness (QED) is 0.646. The van der Waals surface area contributed by atoms with Crippen LogP contribution in [0.4, 0.5) is 5.69 Å². The van der Waals surface area contributed by atoms with Gasteiger partial charge in [0.05, 0.1) is 17.8 Å². The van der Waals surface area contributed by atoms with Gasteiger partial charge in [-0.15, -0.1) is 0 Å². The Hall–Kier alpha value is -2.90. The Kier molecular flexibility index (Phi) is 4.55. The minimum atomic E-state index is -0.747. The van der Waals surface area contributed by atoms with Gasteiger partial charge < -0.3 is 15.3 Å². The maximum atomic E-state index is 12.8. The van der Waals surface area contributed by atoms with Crippen LogP contribution in [0.1, 0.15) is 16.8 Å². The second-order valence-electron chi connectivity index (χ2n) is 6.53. The summed E-state index contributed by atoms with van der Waals surface area (Å²) in [7, 11) is 0. The van der Waals surface area contributed by atoms with E-state index in [1.807, 2.05) is 6.07 Å². The highest BCUT2D eigenvalue weighted by molar-refractivity contribution is 6.30. The van der Waals surface area contributed by atoms with Crippen molar-refractivity contribution >= 4 is 40.0 Å². The van der Waals surface area contributed by atoms with E-state index in [0.29, 0.717) is 16.3 Å². The molecule has 2 atom stereocenters. The lowest BCUT2D eigenvalue weighted by Gasteiger charge is -2.23. The molecule has 8 heteroatoms. The Balaban J connectivity index is 1.53. The molecule has 0 unspecified atom stereocenters. The Bertz CT molecular complexity index is 1000. The van der Waals surface area contributed by atoms with Gasteiger partial charge in [0.2, 0.25) is 5.91 Å². The van der Waals surface area contributed by atoms with Crippen LogP contribution in [0.2, 0.25) is 5.02 Å². The van der Waals surface area contributed by atoms with Crippen LogP contribution in [0.25, 0.3) is 10.9 Å². The zero-order valence-electron chi connectivity index (χ0n) is 14.2. The Labute approximate surface area is 159 Å². The molecule has 0 spiro atoms. The highest BCUT2D eigenvalue weighted by Gasteiger charge is 2.39. The van der Waals surface area contributed by atoms with Gasteiger partial charge in [-0.3, -0.25) is 14.7 Å². The van der Waals surface area contributed by atoms with Gasteiger partial charge in [-0.05, 0) is 42.5 Å². The number of anilines is 1. The van der Waals surface area contributed by atoms with E-state index in [4.69, 9.17) is 11.6 Å². The molecule has 1 fully saturated rings. The minimum absolute atomic E-state index is 0.111. The number of hydrogen-bond donors (Lipinski definition) is 3. The van der Waals surface area contributed by atoms with Crippen LogP contribution >= 0.6 is 11.6 Å². The van der Waals surface area contributed by atoms with E-state index >= 15 is 0 Å². The third-order valence-corrected chi connectivity index (χ3v) is 4.89. The largest absolute Gasteiger partial charge is 0.391 e. The molecule has 0 radical (unpaired) electrons. The maximum Gasteiger partial charge on any atom is 0.254 e. The second kappa shape index (κ2) is 7.02. The standard InChI is InChI=1S/C19H17ClN4O3/c20-13-3-1-11(2-4-13)19(27)24-10-15(25)8-17(24)18(26)22-14-5-6-16-12(7-14)9-21-23-16/h1-7,9,15,17,25H,8,10H2,(H,21,23)(H,22,26)/t15-,17+/m1/s1. The van der Waals surface area contributed by atoms with E-state index in [1.54, 1.807) is 42.6 Å². The summed E-state index contributed by atoms with van der Waals surface area (Å²) in [5.41, 5.74) is 1.89. The van der Waals surface area contributed by atoms with Gasteiger partial charge in [0.1, 0.15) is 6.04 Å². The zero-order chi connectivity index (χ0) is 19.0. The third kappa shape index (κ3) is 3.51. The van der Waals surface area contributed by atoms with Gasteiger partial charge >= 0.3 is 0 Å².